The van der Waals surface area contributed by atoms with Crippen LogP contribution >= 0.6 is 27.5 Å². The summed E-state index contributed by atoms with van der Waals surface area (Å²) in [4.78, 5) is 11.0. The fourth-order valence-electron chi connectivity index (χ4n) is 1.21. The van der Waals surface area contributed by atoms with Gasteiger partial charge in [0.25, 0.3) is 5.24 Å². The number of carbonyl (C=O) groups excluding carboxylic acids is 1. The molecule has 0 aliphatic carbocycles. The van der Waals surface area contributed by atoms with Crippen LogP contribution in [0.4, 0.5) is 0 Å². The molecule has 1 aromatic carbocycles. The van der Waals surface area contributed by atoms with E-state index in [-0.39, 0.29) is 0 Å². The summed E-state index contributed by atoms with van der Waals surface area (Å²) in [6, 6.07) is 1.77. The Kier molecular flexibility index (Phi) is 3.14. The second kappa shape index (κ2) is 3.81. The molecule has 3 heteroatoms. The van der Waals surface area contributed by atoms with E-state index < -0.39 is 5.24 Å². The summed E-state index contributed by atoms with van der Waals surface area (Å²) < 4.78 is 0.930. The van der Waals surface area contributed by atoms with Gasteiger partial charge in [-0.1, -0.05) is 15.9 Å². The average molecular weight is 262 g/mol. The van der Waals surface area contributed by atoms with E-state index >= 15 is 0 Å². The van der Waals surface area contributed by atoms with Crippen molar-refractivity contribution in [1.29, 1.82) is 0 Å². The van der Waals surface area contributed by atoms with Gasteiger partial charge in [0.15, 0.2) is 0 Å². The summed E-state index contributed by atoms with van der Waals surface area (Å²) in [5.41, 5.74) is 3.80. The van der Waals surface area contributed by atoms with E-state index in [1.807, 2.05) is 20.8 Å². The maximum Gasteiger partial charge on any atom is 0.252 e. The number of halogens is 2. The lowest BCUT2D eigenvalue weighted by atomic mass is 10.00. The molecule has 0 fully saturated rings. The molecule has 70 valence electrons. The maximum absolute atomic E-state index is 11.0. The van der Waals surface area contributed by atoms with Gasteiger partial charge in [-0.15, -0.1) is 0 Å². The molecule has 0 N–H and O–H groups in total. The molecule has 0 spiro atoms. The highest BCUT2D eigenvalue weighted by Crippen LogP contribution is 2.26. The number of benzene rings is 1. The van der Waals surface area contributed by atoms with E-state index in [0.717, 1.165) is 21.2 Å². The molecule has 0 aliphatic heterocycles. The van der Waals surface area contributed by atoms with E-state index in [1.54, 1.807) is 6.07 Å². The molecule has 0 amide bonds. The highest BCUT2D eigenvalue weighted by molar-refractivity contribution is 9.10. The third kappa shape index (κ3) is 1.94. The van der Waals surface area contributed by atoms with Crippen molar-refractivity contribution in [3.8, 4) is 0 Å². The molecule has 13 heavy (non-hydrogen) atoms. The highest BCUT2D eigenvalue weighted by Gasteiger charge is 2.11. The second-order valence-electron chi connectivity index (χ2n) is 3.05. The van der Waals surface area contributed by atoms with E-state index in [1.165, 1.54) is 0 Å². The van der Waals surface area contributed by atoms with Crippen LogP contribution < -0.4 is 0 Å². The Morgan fingerprint density at radius 1 is 1.23 bits per heavy atom. The lowest BCUT2D eigenvalue weighted by Crippen LogP contribution is -1.98. The molecule has 0 saturated heterocycles. The van der Waals surface area contributed by atoms with Crippen LogP contribution in [0.15, 0.2) is 10.5 Å². The van der Waals surface area contributed by atoms with E-state index in [0.29, 0.717) is 5.56 Å². The molecule has 0 bridgehead atoms. The minimum Gasteiger partial charge on any atom is -0.276 e. The average Bonchev–Trinajstić information content (AvgIpc) is 2.07. The summed E-state index contributed by atoms with van der Waals surface area (Å²) in [6.07, 6.45) is 0. The first-order chi connectivity index (χ1) is 5.95. The number of carbonyl (C=O) groups is 1. The molecule has 1 rings (SSSR count). The Morgan fingerprint density at radius 3 is 2.23 bits per heavy atom. The topological polar surface area (TPSA) is 17.1 Å². The van der Waals surface area contributed by atoms with Gasteiger partial charge in [-0.3, -0.25) is 4.79 Å². The first-order valence-electron chi connectivity index (χ1n) is 3.91. The van der Waals surface area contributed by atoms with Gasteiger partial charge in [0.05, 0.1) is 0 Å². The predicted octanol–water partition coefficient (Wildman–Crippen LogP) is 3.75. The molecule has 0 radical (unpaired) electrons. The lowest BCUT2D eigenvalue weighted by Gasteiger charge is -2.10. The fraction of sp³-hybridized carbons (Fsp3) is 0.300. The SMILES string of the molecule is Cc1c(Br)cc(C(=O)Cl)c(C)c1C. The summed E-state index contributed by atoms with van der Waals surface area (Å²) in [6.45, 7) is 5.90. The first-order valence-corrected chi connectivity index (χ1v) is 5.08. The van der Waals surface area contributed by atoms with Gasteiger partial charge >= 0.3 is 0 Å². The van der Waals surface area contributed by atoms with Gasteiger partial charge in [-0.2, -0.15) is 0 Å². The van der Waals surface area contributed by atoms with E-state index in [2.05, 4.69) is 15.9 Å². The summed E-state index contributed by atoms with van der Waals surface area (Å²) >= 11 is 8.83. The van der Waals surface area contributed by atoms with Crippen molar-refractivity contribution in [2.45, 2.75) is 20.8 Å². The van der Waals surface area contributed by atoms with Crippen molar-refractivity contribution in [1.82, 2.24) is 0 Å². The van der Waals surface area contributed by atoms with E-state index in [9.17, 15) is 4.79 Å². The molecule has 1 nitrogen and oxygen atoms in total. The van der Waals surface area contributed by atoms with E-state index in [4.69, 9.17) is 11.6 Å². The van der Waals surface area contributed by atoms with Crippen molar-refractivity contribution in [3.63, 3.8) is 0 Å². The Balaban J connectivity index is 3.50. The van der Waals surface area contributed by atoms with Crippen molar-refractivity contribution in [2.24, 2.45) is 0 Å². The third-order valence-corrected chi connectivity index (χ3v) is 3.40. The van der Waals surface area contributed by atoms with Gasteiger partial charge in [0.1, 0.15) is 0 Å². The van der Waals surface area contributed by atoms with Gasteiger partial charge < -0.3 is 0 Å². The van der Waals surface area contributed by atoms with Crippen LogP contribution in [-0.4, -0.2) is 5.24 Å². The zero-order chi connectivity index (χ0) is 10.2. The second-order valence-corrected chi connectivity index (χ2v) is 4.25. The molecule has 0 aromatic heterocycles. The normalized spacial score (nSPS) is 10.2. The monoisotopic (exact) mass is 260 g/mol. The van der Waals surface area contributed by atoms with Gasteiger partial charge in [0, 0.05) is 10.0 Å². The standard InChI is InChI=1S/C10H10BrClO/c1-5-6(2)8(10(12)13)4-9(11)7(5)3/h4H,1-3H3. The minimum atomic E-state index is -0.402. The summed E-state index contributed by atoms with van der Waals surface area (Å²) in [5.74, 6) is 0. The largest absolute Gasteiger partial charge is 0.276 e. The van der Waals surface area contributed by atoms with Crippen LogP contribution in [0.25, 0.3) is 0 Å². The van der Waals surface area contributed by atoms with Crippen LogP contribution in [0, 0.1) is 20.8 Å². The van der Waals surface area contributed by atoms with Crippen LogP contribution in [0.3, 0.4) is 0 Å². The van der Waals surface area contributed by atoms with Crippen molar-refractivity contribution < 1.29 is 4.79 Å². The highest BCUT2D eigenvalue weighted by atomic mass is 79.9. The molecule has 0 atom stereocenters. The first kappa shape index (κ1) is 10.7. The van der Waals surface area contributed by atoms with Gasteiger partial charge in [0.2, 0.25) is 0 Å². The fourth-order valence-corrected chi connectivity index (χ4v) is 1.93. The molecular weight excluding hydrogens is 251 g/mol. The van der Waals surface area contributed by atoms with Crippen molar-refractivity contribution in [3.05, 3.63) is 32.8 Å². The summed E-state index contributed by atoms with van der Waals surface area (Å²) in [5, 5.41) is -0.402. The van der Waals surface area contributed by atoms with Crippen LogP contribution in [0.1, 0.15) is 27.0 Å². The van der Waals surface area contributed by atoms with Crippen LogP contribution in [0.5, 0.6) is 0 Å². The quantitative estimate of drug-likeness (QED) is 0.704. The van der Waals surface area contributed by atoms with Crippen molar-refractivity contribution in [2.75, 3.05) is 0 Å². The summed E-state index contributed by atoms with van der Waals surface area (Å²) in [7, 11) is 0. The van der Waals surface area contributed by atoms with Gasteiger partial charge in [-0.05, 0) is 55.1 Å². The Labute approximate surface area is 91.2 Å². The number of hydrogen-bond donors (Lipinski definition) is 0. The molecule has 0 saturated carbocycles. The number of hydrogen-bond acceptors (Lipinski definition) is 1. The molecule has 1 aromatic rings. The zero-order valence-corrected chi connectivity index (χ0v) is 10.1. The molecule has 0 aliphatic rings. The minimum absolute atomic E-state index is 0.402. The molecular formula is C10H10BrClO. The number of rotatable bonds is 1. The maximum atomic E-state index is 11.0. The lowest BCUT2D eigenvalue weighted by molar-refractivity contribution is 0.108. The van der Waals surface area contributed by atoms with Crippen LogP contribution in [0.2, 0.25) is 0 Å². The Morgan fingerprint density at radius 2 is 1.77 bits per heavy atom. The smallest absolute Gasteiger partial charge is 0.252 e. The molecule has 0 unspecified atom stereocenters. The van der Waals surface area contributed by atoms with Gasteiger partial charge in [-0.25, -0.2) is 0 Å². The van der Waals surface area contributed by atoms with Crippen molar-refractivity contribution >= 4 is 32.8 Å². The zero-order valence-electron chi connectivity index (χ0n) is 7.74. The molecule has 0 heterocycles. The van der Waals surface area contributed by atoms with Crippen LogP contribution in [-0.2, 0) is 0 Å². The predicted molar refractivity (Wildman–Crippen MR) is 58.5 cm³/mol. The third-order valence-electron chi connectivity index (χ3n) is 2.37. The Hall–Kier alpha value is -0.340. The Bertz CT molecular complexity index is 372.